The number of nitrogens with one attached hydrogen (secondary N) is 2. The van der Waals surface area contributed by atoms with Crippen molar-refractivity contribution in [1.82, 2.24) is 20.3 Å². The number of carbonyl (C=O) groups is 1. The number of carbonyl (C=O) groups excluding carboxylic acids is 1. The Kier molecular flexibility index (Phi) is 3.59. The number of aromatic nitrogens is 3. The summed E-state index contributed by atoms with van der Waals surface area (Å²) in [6, 6.07) is 5.72. The lowest BCUT2D eigenvalue weighted by atomic mass is 10.2. The number of nitrogens with zero attached hydrogens (tertiary/aromatic N) is 3. The summed E-state index contributed by atoms with van der Waals surface area (Å²) in [5, 5.41) is 5.52. The zero-order chi connectivity index (χ0) is 11.9. The van der Waals surface area contributed by atoms with Crippen molar-refractivity contribution in [3.8, 4) is 0 Å². The quantitative estimate of drug-likeness (QED) is 0.694. The topological polar surface area (TPSA) is 79.8 Å². The highest BCUT2D eigenvalue weighted by Gasteiger charge is 2.15. The number of rotatable bonds is 0. The standard InChI is InChI=1S/C6H6N4O.C5H5N/c11-6-4-1-7-2-8-5(4)9-3-10-6;1-2-4-6-5-3-1/h1-2H,3H2,(H,10,11)(H,7,8,9);1-5H. The monoisotopic (exact) mass is 229 g/mol. The fraction of sp³-hybridized carbons (Fsp3) is 0.0909. The summed E-state index contributed by atoms with van der Waals surface area (Å²) in [6.45, 7) is 0.433. The minimum Gasteiger partial charge on any atom is -0.352 e. The molecule has 2 aromatic rings. The molecule has 0 saturated carbocycles. The van der Waals surface area contributed by atoms with Crippen LogP contribution >= 0.6 is 0 Å². The van der Waals surface area contributed by atoms with Crippen LogP contribution in [-0.4, -0.2) is 27.5 Å². The first-order valence-electron chi connectivity index (χ1n) is 5.05. The summed E-state index contributed by atoms with van der Waals surface area (Å²) >= 11 is 0. The van der Waals surface area contributed by atoms with Crippen molar-refractivity contribution in [3.63, 3.8) is 0 Å². The fourth-order valence-electron chi connectivity index (χ4n) is 1.25. The first kappa shape index (κ1) is 11.0. The van der Waals surface area contributed by atoms with E-state index in [1.807, 2.05) is 18.2 Å². The molecule has 1 amide bonds. The van der Waals surface area contributed by atoms with Gasteiger partial charge in [0.1, 0.15) is 17.7 Å². The van der Waals surface area contributed by atoms with E-state index < -0.39 is 0 Å². The van der Waals surface area contributed by atoms with E-state index >= 15 is 0 Å². The van der Waals surface area contributed by atoms with Gasteiger partial charge in [0, 0.05) is 18.6 Å². The van der Waals surface area contributed by atoms with Gasteiger partial charge in [0.2, 0.25) is 0 Å². The molecule has 0 radical (unpaired) electrons. The van der Waals surface area contributed by atoms with E-state index in [1.165, 1.54) is 12.5 Å². The minimum absolute atomic E-state index is 0.126. The van der Waals surface area contributed by atoms with E-state index in [4.69, 9.17) is 0 Å². The number of hydrogen-bond acceptors (Lipinski definition) is 5. The van der Waals surface area contributed by atoms with Gasteiger partial charge in [-0.25, -0.2) is 9.97 Å². The molecule has 2 N–H and O–H groups in total. The molecular formula is C11H11N5O. The molecule has 0 atom stereocenters. The van der Waals surface area contributed by atoms with Crippen LogP contribution in [0.3, 0.4) is 0 Å². The van der Waals surface area contributed by atoms with E-state index in [2.05, 4.69) is 25.6 Å². The van der Waals surface area contributed by atoms with E-state index in [0.717, 1.165) is 0 Å². The second kappa shape index (κ2) is 5.55. The number of amides is 1. The van der Waals surface area contributed by atoms with E-state index in [-0.39, 0.29) is 5.91 Å². The Hall–Kier alpha value is -2.50. The van der Waals surface area contributed by atoms with Crippen LogP contribution in [0.4, 0.5) is 5.82 Å². The van der Waals surface area contributed by atoms with Gasteiger partial charge in [-0.05, 0) is 12.1 Å². The second-order valence-corrected chi connectivity index (χ2v) is 3.17. The molecule has 86 valence electrons. The predicted octanol–water partition coefficient (Wildman–Crippen LogP) is 0.671. The zero-order valence-corrected chi connectivity index (χ0v) is 9.00. The van der Waals surface area contributed by atoms with E-state index in [9.17, 15) is 4.79 Å². The van der Waals surface area contributed by atoms with Crippen LogP contribution in [0.1, 0.15) is 10.4 Å². The smallest absolute Gasteiger partial charge is 0.257 e. The van der Waals surface area contributed by atoms with Crippen LogP contribution < -0.4 is 10.6 Å². The summed E-state index contributed by atoms with van der Waals surface area (Å²) < 4.78 is 0. The van der Waals surface area contributed by atoms with Gasteiger partial charge in [-0.1, -0.05) is 6.07 Å². The Balaban J connectivity index is 0.000000153. The van der Waals surface area contributed by atoms with Crippen molar-refractivity contribution in [2.45, 2.75) is 0 Å². The van der Waals surface area contributed by atoms with Crippen molar-refractivity contribution in [2.75, 3.05) is 12.0 Å². The SMILES string of the molecule is O=C1NCNc2ncncc21.c1ccncc1. The molecule has 3 rings (SSSR count). The number of anilines is 1. The largest absolute Gasteiger partial charge is 0.352 e. The molecule has 0 saturated heterocycles. The third kappa shape index (κ3) is 2.97. The van der Waals surface area contributed by atoms with Gasteiger partial charge in [-0.2, -0.15) is 0 Å². The van der Waals surface area contributed by atoms with Crippen LogP contribution in [0, 0.1) is 0 Å². The van der Waals surface area contributed by atoms with Crippen LogP contribution in [0.5, 0.6) is 0 Å². The predicted molar refractivity (Wildman–Crippen MR) is 62.2 cm³/mol. The van der Waals surface area contributed by atoms with Crippen LogP contribution in [0.25, 0.3) is 0 Å². The lowest BCUT2D eigenvalue weighted by molar-refractivity contribution is 0.0952. The summed E-state index contributed by atoms with van der Waals surface area (Å²) in [4.78, 5) is 22.5. The maximum atomic E-state index is 11.1. The molecule has 0 aliphatic carbocycles. The van der Waals surface area contributed by atoms with Gasteiger partial charge >= 0.3 is 0 Å². The van der Waals surface area contributed by atoms with Gasteiger partial charge in [-0.15, -0.1) is 0 Å². The van der Waals surface area contributed by atoms with Crippen LogP contribution in [-0.2, 0) is 0 Å². The summed E-state index contributed by atoms with van der Waals surface area (Å²) in [5.74, 6) is 0.475. The Morgan fingerprint density at radius 2 is 1.88 bits per heavy atom. The summed E-state index contributed by atoms with van der Waals surface area (Å²) in [6.07, 6.45) is 6.40. The van der Waals surface area contributed by atoms with Crippen molar-refractivity contribution in [3.05, 3.63) is 48.7 Å². The number of hydrogen-bond donors (Lipinski definition) is 2. The van der Waals surface area contributed by atoms with Gasteiger partial charge in [0.05, 0.1) is 6.67 Å². The average molecular weight is 229 g/mol. The van der Waals surface area contributed by atoms with Crippen molar-refractivity contribution >= 4 is 11.7 Å². The third-order valence-electron chi connectivity index (χ3n) is 2.03. The molecule has 0 unspecified atom stereocenters. The molecule has 6 nitrogen and oxygen atoms in total. The summed E-state index contributed by atoms with van der Waals surface area (Å²) in [5.41, 5.74) is 0.499. The van der Waals surface area contributed by atoms with Crippen molar-refractivity contribution in [2.24, 2.45) is 0 Å². The van der Waals surface area contributed by atoms with Crippen LogP contribution in [0.15, 0.2) is 43.1 Å². The molecule has 3 heterocycles. The first-order chi connectivity index (χ1) is 8.38. The summed E-state index contributed by atoms with van der Waals surface area (Å²) in [7, 11) is 0. The normalized spacial score (nSPS) is 12.4. The molecule has 1 aliphatic rings. The Bertz CT molecular complexity index is 462. The number of pyridine rings is 1. The number of fused-ring (bicyclic) bond motifs is 1. The molecular weight excluding hydrogens is 218 g/mol. The third-order valence-corrected chi connectivity index (χ3v) is 2.03. The molecule has 1 aliphatic heterocycles. The highest BCUT2D eigenvalue weighted by atomic mass is 16.1. The molecule has 0 spiro atoms. The maximum Gasteiger partial charge on any atom is 0.257 e. The van der Waals surface area contributed by atoms with E-state index in [1.54, 1.807) is 12.4 Å². The fourth-order valence-corrected chi connectivity index (χ4v) is 1.25. The van der Waals surface area contributed by atoms with Gasteiger partial charge in [-0.3, -0.25) is 9.78 Å². The second-order valence-electron chi connectivity index (χ2n) is 3.17. The van der Waals surface area contributed by atoms with Gasteiger partial charge in [0.25, 0.3) is 5.91 Å². The molecule has 17 heavy (non-hydrogen) atoms. The zero-order valence-electron chi connectivity index (χ0n) is 9.00. The van der Waals surface area contributed by atoms with Gasteiger partial charge in [0.15, 0.2) is 0 Å². The van der Waals surface area contributed by atoms with E-state index in [0.29, 0.717) is 18.1 Å². The lowest BCUT2D eigenvalue weighted by Crippen LogP contribution is -2.35. The molecule has 6 heteroatoms. The Labute approximate surface area is 98.1 Å². The lowest BCUT2D eigenvalue weighted by Gasteiger charge is -2.15. The Morgan fingerprint density at radius 1 is 1.06 bits per heavy atom. The maximum absolute atomic E-state index is 11.1. The Morgan fingerprint density at radius 3 is 2.47 bits per heavy atom. The molecule has 2 aromatic heterocycles. The minimum atomic E-state index is -0.126. The highest BCUT2D eigenvalue weighted by molar-refractivity contribution is 5.99. The first-order valence-corrected chi connectivity index (χ1v) is 5.05. The van der Waals surface area contributed by atoms with Crippen molar-refractivity contribution in [1.29, 1.82) is 0 Å². The van der Waals surface area contributed by atoms with Crippen molar-refractivity contribution < 1.29 is 4.79 Å². The molecule has 0 bridgehead atoms. The highest BCUT2D eigenvalue weighted by Crippen LogP contribution is 2.11. The van der Waals surface area contributed by atoms with Crippen LogP contribution in [0.2, 0.25) is 0 Å². The molecule has 0 fully saturated rings. The average Bonchev–Trinajstić information content (AvgIpc) is 2.42. The van der Waals surface area contributed by atoms with Gasteiger partial charge < -0.3 is 10.6 Å². The molecule has 0 aromatic carbocycles.